The summed E-state index contributed by atoms with van der Waals surface area (Å²) in [4.78, 5) is 11.6. The quantitative estimate of drug-likeness (QED) is 0.521. The lowest BCUT2D eigenvalue weighted by atomic mass is 10.00. The maximum Gasteiger partial charge on any atom is 0.347 e. The first-order valence-electron chi connectivity index (χ1n) is 10.3. The number of ether oxygens (including phenoxy) is 2. The molecule has 0 aromatic heterocycles. The van der Waals surface area contributed by atoms with Crippen molar-refractivity contribution in [3.63, 3.8) is 0 Å². The predicted octanol–water partition coefficient (Wildman–Crippen LogP) is 3.24. The van der Waals surface area contributed by atoms with Crippen molar-refractivity contribution >= 4 is 16.0 Å². The van der Waals surface area contributed by atoms with Gasteiger partial charge in [-0.05, 0) is 61.6 Å². The van der Waals surface area contributed by atoms with Crippen LogP contribution in [0, 0.1) is 11.3 Å². The Morgan fingerprint density at radius 1 is 1.19 bits per heavy atom. The summed E-state index contributed by atoms with van der Waals surface area (Å²) in [6, 6.07) is 11.1. The number of hydrogen-bond acceptors (Lipinski definition) is 7. The number of rotatable bonds is 10. The molecule has 0 aliphatic rings. The number of carbonyl (C=O) groups is 1. The first kappa shape index (κ1) is 25.2. The van der Waals surface area contributed by atoms with Crippen molar-refractivity contribution in [1.82, 2.24) is 4.72 Å². The Hall–Kier alpha value is -3.09. The summed E-state index contributed by atoms with van der Waals surface area (Å²) in [5.41, 5.74) is 1.85. The van der Waals surface area contributed by atoms with Crippen molar-refractivity contribution in [2.45, 2.75) is 51.0 Å². The highest BCUT2D eigenvalue weighted by Gasteiger charge is 2.21. The molecule has 0 amide bonds. The van der Waals surface area contributed by atoms with Crippen molar-refractivity contribution in [3.8, 4) is 17.6 Å². The van der Waals surface area contributed by atoms with Crippen molar-refractivity contribution < 1.29 is 27.8 Å². The van der Waals surface area contributed by atoms with Gasteiger partial charge in [0.15, 0.2) is 6.10 Å². The van der Waals surface area contributed by atoms with Gasteiger partial charge in [0.25, 0.3) is 0 Å². The normalized spacial score (nSPS) is 12.2. The van der Waals surface area contributed by atoms with Crippen LogP contribution in [-0.4, -0.2) is 38.7 Å². The van der Waals surface area contributed by atoms with Crippen LogP contribution in [0.2, 0.25) is 0 Å². The fourth-order valence-corrected chi connectivity index (χ4v) is 4.09. The van der Waals surface area contributed by atoms with Crippen LogP contribution in [0.5, 0.6) is 11.5 Å². The average Bonchev–Trinajstić information content (AvgIpc) is 2.74. The standard InChI is InChI=1S/C23H28N2O6S/c1-5-30-23(27)16(4)31-21-13-19(15(2)3)8-7-18(21)10-11-25-32(28,29)22-12-17(14-24)6-9-20(22)26/h6-9,12-13,15-16,25-26H,5,10-11H2,1-4H3. The smallest absolute Gasteiger partial charge is 0.347 e. The van der Waals surface area contributed by atoms with Crippen molar-refractivity contribution in [2.75, 3.05) is 13.2 Å². The zero-order chi connectivity index (χ0) is 23.9. The van der Waals surface area contributed by atoms with E-state index in [2.05, 4.69) is 4.72 Å². The van der Waals surface area contributed by atoms with Gasteiger partial charge in [-0.25, -0.2) is 17.9 Å². The van der Waals surface area contributed by atoms with Crippen molar-refractivity contribution in [1.29, 1.82) is 5.26 Å². The Balaban J connectivity index is 2.20. The Morgan fingerprint density at radius 2 is 1.91 bits per heavy atom. The molecule has 8 nitrogen and oxygen atoms in total. The predicted molar refractivity (Wildman–Crippen MR) is 119 cm³/mol. The van der Waals surface area contributed by atoms with Crippen molar-refractivity contribution in [3.05, 3.63) is 53.1 Å². The molecule has 172 valence electrons. The van der Waals surface area contributed by atoms with Gasteiger partial charge in [-0.2, -0.15) is 5.26 Å². The first-order chi connectivity index (χ1) is 15.1. The molecule has 0 bridgehead atoms. The minimum atomic E-state index is -4.04. The molecule has 0 spiro atoms. The number of sulfonamides is 1. The van der Waals surface area contributed by atoms with Crippen LogP contribution in [0.3, 0.4) is 0 Å². The van der Waals surface area contributed by atoms with E-state index in [1.807, 2.05) is 38.1 Å². The SMILES string of the molecule is CCOC(=O)C(C)Oc1cc(C(C)C)ccc1CCNS(=O)(=O)c1cc(C#N)ccc1O. The number of nitrogens with one attached hydrogen (secondary N) is 1. The number of esters is 1. The van der Waals surface area contributed by atoms with E-state index in [0.717, 1.165) is 11.6 Å². The van der Waals surface area contributed by atoms with Gasteiger partial charge in [0.2, 0.25) is 10.0 Å². The summed E-state index contributed by atoms with van der Waals surface area (Å²) < 4.78 is 38.5. The molecule has 2 N–H and O–H groups in total. The second-order valence-corrected chi connectivity index (χ2v) is 9.21. The number of hydrogen-bond donors (Lipinski definition) is 2. The molecule has 0 saturated heterocycles. The van der Waals surface area contributed by atoms with E-state index in [9.17, 15) is 18.3 Å². The van der Waals surface area contributed by atoms with Crippen LogP contribution in [0.15, 0.2) is 41.3 Å². The number of carbonyl (C=O) groups excluding carboxylic acids is 1. The molecule has 0 aliphatic heterocycles. The molecule has 1 atom stereocenters. The second kappa shape index (κ2) is 11.0. The topological polar surface area (TPSA) is 126 Å². The largest absolute Gasteiger partial charge is 0.507 e. The van der Waals surface area contributed by atoms with Gasteiger partial charge in [-0.15, -0.1) is 0 Å². The Labute approximate surface area is 188 Å². The molecule has 0 saturated carbocycles. The third-order valence-electron chi connectivity index (χ3n) is 4.74. The van der Waals surface area contributed by atoms with Crippen LogP contribution in [0.25, 0.3) is 0 Å². The van der Waals surface area contributed by atoms with Gasteiger partial charge in [0, 0.05) is 6.54 Å². The van der Waals surface area contributed by atoms with Crippen molar-refractivity contribution in [2.24, 2.45) is 0 Å². The first-order valence-corrected chi connectivity index (χ1v) is 11.8. The molecule has 0 fully saturated rings. The van der Waals surface area contributed by atoms with Crippen LogP contribution >= 0.6 is 0 Å². The Kier molecular flexibility index (Phi) is 8.63. The minimum absolute atomic E-state index is 0.0176. The third-order valence-corrected chi connectivity index (χ3v) is 6.24. The van der Waals surface area contributed by atoms with E-state index < -0.39 is 27.8 Å². The summed E-state index contributed by atoms with van der Waals surface area (Å²) in [5, 5.41) is 18.9. The lowest BCUT2D eigenvalue weighted by Gasteiger charge is -2.18. The van der Waals surface area contributed by atoms with Gasteiger partial charge < -0.3 is 14.6 Å². The summed E-state index contributed by atoms with van der Waals surface area (Å²) >= 11 is 0. The zero-order valence-electron chi connectivity index (χ0n) is 18.6. The van der Waals surface area contributed by atoms with Gasteiger partial charge >= 0.3 is 5.97 Å². The summed E-state index contributed by atoms with van der Waals surface area (Å²) in [7, 11) is -4.04. The van der Waals surface area contributed by atoms with Crippen LogP contribution in [0.4, 0.5) is 0 Å². The molecular weight excluding hydrogens is 432 g/mol. The van der Waals surface area contributed by atoms with Crippen LogP contribution < -0.4 is 9.46 Å². The highest BCUT2D eigenvalue weighted by Crippen LogP contribution is 2.27. The number of phenolic OH excluding ortho intramolecular Hbond substituents is 1. The van der Waals surface area contributed by atoms with Gasteiger partial charge in [-0.3, -0.25) is 0 Å². The Bertz CT molecular complexity index is 1110. The van der Waals surface area contributed by atoms with E-state index in [4.69, 9.17) is 14.7 Å². The molecule has 1 unspecified atom stereocenters. The molecule has 2 aromatic carbocycles. The maximum atomic E-state index is 12.6. The number of phenols is 1. The number of aromatic hydroxyl groups is 1. The van der Waals surface area contributed by atoms with Crippen LogP contribution in [-0.2, 0) is 26.0 Å². The monoisotopic (exact) mass is 460 g/mol. The van der Waals surface area contributed by atoms with E-state index in [-0.39, 0.29) is 35.9 Å². The number of nitrogens with zero attached hydrogens (tertiary/aromatic N) is 1. The fourth-order valence-electron chi connectivity index (χ4n) is 2.94. The fraction of sp³-hybridized carbons (Fsp3) is 0.391. The maximum absolute atomic E-state index is 12.6. The number of benzene rings is 2. The highest BCUT2D eigenvalue weighted by molar-refractivity contribution is 7.89. The third kappa shape index (κ3) is 6.45. The minimum Gasteiger partial charge on any atom is -0.507 e. The van der Waals surface area contributed by atoms with Gasteiger partial charge in [-0.1, -0.05) is 26.0 Å². The molecule has 0 aliphatic carbocycles. The second-order valence-electron chi connectivity index (χ2n) is 7.48. The molecule has 32 heavy (non-hydrogen) atoms. The average molecular weight is 461 g/mol. The molecule has 0 heterocycles. The summed E-state index contributed by atoms with van der Waals surface area (Å²) in [5.74, 6) is -0.213. The molecule has 9 heteroatoms. The highest BCUT2D eigenvalue weighted by atomic mass is 32.2. The lowest BCUT2D eigenvalue weighted by Crippen LogP contribution is -2.28. The molecule has 2 rings (SSSR count). The molecular formula is C23H28N2O6S. The Morgan fingerprint density at radius 3 is 2.53 bits per heavy atom. The summed E-state index contributed by atoms with van der Waals surface area (Å²) in [6.45, 7) is 7.63. The van der Waals surface area contributed by atoms with Gasteiger partial charge in [0.05, 0.1) is 18.2 Å². The number of nitriles is 1. The van der Waals surface area contributed by atoms with Gasteiger partial charge in [0.1, 0.15) is 16.4 Å². The summed E-state index contributed by atoms with van der Waals surface area (Å²) in [6.07, 6.45) is -0.542. The van der Waals surface area contributed by atoms with E-state index in [0.29, 0.717) is 11.3 Å². The van der Waals surface area contributed by atoms with E-state index in [1.165, 1.54) is 12.1 Å². The lowest BCUT2D eigenvalue weighted by molar-refractivity contribution is -0.150. The van der Waals surface area contributed by atoms with E-state index in [1.54, 1.807) is 13.8 Å². The van der Waals surface area contributed by atoms with E-state index >= 15 is 0 Å². The zero-order valence-corrected chi connectivity index (χ0v) is 19.4. The van der Waals surface area contributed by atoms with Crippen LogP contribution in [0.1, 0.15) is 50.3 Å². The molecule has 0 radical (unpaired) electrons. The molecule has 2 aromatic rings.